The van der Waals surface area contributed by atoms with Crippen molar-refractivity contribution in [1.82, 2.24) is 18.7 Å². The van der Waals surface area contributed by atoms with E-state index in [9.17, 15) is 14.2 Å². The molecule has 3 rings (SSSR count). The van der Waals surface area contributed by atoms with Gasteiger partial charge in [0.2, 0.25) is 0 Å². The largest absolute Gasteiger partial charge is 0.333 e. The summed E-state index contributed by atoms with van der Waals surface area (Å²) in [6, 6.07) is 7.97. The number of aromatic nitrogens is 4. The fraction of sp³-hybridized carbons (Fsp3) is 0.500. The maximum atomic E-state index is 13.2. The molecule has 0 amide bonds. The number of aryl methyl sites for hydroxylation is 4. The Kier molecular flexibility index (Phi) is 10.5. The number of nitrogens with zero attached hydrogens (tertiary/aromatic N) is 4. The highest BCUT2D eigenvalue weighted by Crippen LogP contribution is 2.48. The Morgan fingerprint density at radius 3 is 2.41 bits per heavy atom. The predicted octanol–water partition coefficient (Wildman–Crippen LogP) is 4.51. The number of hydrogen-bond acceptors (Lipinski definition) is 6. The summed E-state index contributed by atoms with van der Waals surface area (Å²) in [7, 11) is -1.31. The Balaban J connectivity index is 1.85. The molecule has 2 heterocycles. The first-order valence-electron chi connectivity index (χ1n) is 12.5. The average Bonchev–Trinajstić information content (AvgIpc) is 3.19. The van der Waals surface area contributed by atoms with Crippen molar-refractivity contribution in [2.24, 2.45) is 7.05 Å². The topological polar surface area (TPSA) is 97.3 Å². The van der Waals surface area contributed by atoms with Crippen LogP contribution in [-0.2, 0) is 46.6 Å². The number of rotatable bonds is 14. The zero-order chi connectivity index (χ0) is 27.0. The minimum Gasteiger partial charge on any atom is -0.325 e. The van der Waals surface area contributed by atoms with Crippen LogP contribution >= 0.6 is 23.5 Å². The van der Waals surface area contributed by atoms with Crippen molar-refractivity contribution < 1.29 is 13.6 Å². The van der Waals surface area contributed by atoms with Gasteiger partial charge >= 0.3 is 13.3 Å². The van der Waals surface area contributed by atoms with E-state index in [1.165, 1.54) is 4.57 Å². The average molecular weight is 593 g/mol. The lowest BCUT2D eigenvalue weighted by Gasteiger charge is -2.16. The lowest BCUT2D eigenvalue weighted by Crippen LogP contribution is -2.40. The van der Waals surface area contributed by atoms with Gasteiger partial charge in [-0.1, -0.05) is 46.5 Å². The molecule has 1 aromatic carbocycles. The van der Waals surface area contributed by atoms with Crippen LogP contribution in [0.25, 0.3) is 11.2 Å². The zero-order valence-electron chi connectivity index (χ0n) is 21.6. The first-order chi connectivity index (χ1) is 17.8. The van der Waals surface area contributed by atoms with Crippen molar-refractivity contribution in [2.45, 2.75) is 59.0 Å². The van der Waals surface area contributed by atoms with Crippen LogP contribution < -0.4 is 11.2 Å². The second-order valence-corrected chi connectivity index (χ2v) is 11.7. The highest BCUT2D eigenvalue weighted by molar-refractivity contribution is 9.10. The molecule has 2 aromatic heterocycles. The third kappa shape index (κ3) is 6.91. The van der Waals surface area contributed by atoms with Gasteiger partial charge in [-0.2, -0.15) is 0 Å². The zero-order valence-corrected chi connectivity index (χ0v) is 24.1. The maximum Gasteiger partial charge on any atom is 0.333 e. The number of imidazole rings is 1. The number of halogens is 1. The van der Waals surface area contributed by atoms with Gasteiger partial charge in [0.25, 0.3) is 5.56 Å². The summed E-state index contributed by atoms with van der Waals surface area (Å²) in [6.07, 6.45) is 9.05. The first-order valence-corrected chi connectivity index (χ1v) is 15.0. The van der Waals surface area contributed by atoms with Gasteiger partial charge in [0.05, 0.1) is 25.9 Å². The van der Waals surface area contributed by atoms with Crippen LogP contribution in [0, 0.1) is 12.3 Å². The predicted molar refractivity (Wildman–Crippen MR) is 149 cm³/mol. The lowest BCUT2D eigenvalue weighted by atomic mass is 10.1. The molecule has 0 aliphatic carbocycles. The molecule has 0 aliphatic heterocycles. The monoisotopic (exact) mass is 592 g/mol. The van der Waals surface area contributed by atoms with E-state index >= 15 is 0 Å². The summed E-state index contributed by atoms with van der Waals surface area (Å²) in [5.41, 5.74) is 0.940. The lowest BCUT2D eigenvalue weighted by molar-refractivity contribution is 0.219. The van der Waals surface area contributed by atoms with Crippen molar-refractivity contribution in [3.05, 3.63) is 61.0 Å². The molecule has 200 valence electrons. The number of unbranched alkanes of at least 4 members (excludes halogenated alkanes) is 2. The summed E-state index contributed by atoms with van der Waals surface area (Å²) in [4.78, 5) is 31.1. The third-order valence-electron chi connectivity index (χ3n) is 6.13. The van der Waals surface area contributed by atoms with Gasteiger partial charge in [-0.3, -0.25) is 13.9 Å². The highest BCUT2D eigenvalue weighted by Gasteiger charge is 2.23. The fourth-order valence-corrected chi connectivity index (χ4v) is 6.54. The Morgan fingerprint density at radius 1 is 1.05 bits per heavy atom. The van der Waals surface area contributed by atoms with Crippen LogP contribution in [0.3, 0.4) is 0 Å². The van der Waals surface area contributed by atoms with Crippen LogP contribution in [0.4, 0.5) is 0 Å². The Hall–Kier alpha value is -2.44. The molecular formula is C26H34BrN4O5P. The van der Waals surface area contributed by atoms with E-state index in [0.29, 0.717) is 68.6 Å². The summed E-state index contributed by atoms with van der Waals surface area (Å²) >= 11 is 3.58. The molecular weight excluding hydrogens is 559 g/mol. The standard InChI is InChI=1S/C26H34BrN4O5P/c1-5-17-31-25(32)23-24(28-22(29(23)4)16-15-20-13-9-10-14-21(20)27)30(26(31)33)18-11-8-12-19-37(34,35-6-2)36-7-3/h1,9-10,13-14H,6-8,11-12,15-19H2,2-4H3. The fourth-order valence-electron chi connectivity index (χ4n) is 4.32. The minimum absolute atomic E-state index is 0.114. The van der Waals surface area contributed by atoms with Crippen LogP contribution in [0.2, 0.25) is 0 Å². The van der Waals surface area contributed by atoms with Gasteiger partial charge in [-0.05, 0) is 44.7 Å². The molecule has 37 heavy (non-hydrogen) atoms. The van der Waals surface area contributed by atoms with Gasteiger partial charge in [-0.15, -0.1) is 6.42 Å². The van der Waals surface area contributed by atoms with Crippen LogP contribution in [0.15, 0.2) is 38.3 Å². The van der Waals surface area contributed by atoms with Crippen molar-refractivity contribution >= 4 is 34.7 Å². The molecule has 0 fully saturated rings. The van der Waals surface area contributed by atoms with Crippen LogP contribution in [-0.4, -0.2) is 38.1 Å². The summed E-state index contributed by atoms with van der Waals surface area (Å²) in [5, 5.41) is 0. The van der Waals surface area contributed by atoms with Crippen molar-refractivity contribution in [3.63, 3.8) is 0 Å². The quantitative estimate of drug-likeness (QED) is 0.155. The minimum atomic E-state index is -3.10. The van der Waals surface area contributed by atoms with E-state index in [2.05, 4.69) is 21.9 Å². The number of fused-ring (bicyclic) bond motifs is 1. The highest BCUT2D eigenvalue weighted by atomic mass is 79.9. The summed E-state index contributed by atoms with van der Waals surface area (Å²) in [5.74, 6) is 3.12. The Bertz CT molecular complexity index is 1430. The van der Waals surface area contributed by atoms with Gasteiger partial charge < -0.3 is 13.6 Å². The Labute approximate surface area is 225 Å². The van der Waals surface area contributed by atoms with Gasteiger partial charge in [0.1, 0.15) is 5.82 Å². The molecule has 11 heteroatoms. The van der Waals surface area contributed by atoms with Crippen LogP contribution in [0.1, 0.15) is 44.5 Å². The van der Waals surface area contributed by atoms with E-state index in [4.69, 9.17) is 20.5 Å². The van der Waals surface area contributed by atoms with Crippen molar-refractivity contribution in [3.8, 4) is 12.3 Å². The number of terminal acetylenes is 1. The molecule has 0 unspecified atom stereocenters. The molecule has 0 saturated heterocycles. The normalized spacial score (nSPS) is 11.8. The SMILES string of the molecule is C#CCn1c(=O)c2c(nc(CCc3ccccc3Br)n2C)n(CCCCCP(=O)(OCC)OCC)c1=O. The Morgan fingerprint density at radius 2 is 1.76 bits per heavy atom. The maximum absolute atomic E-state index is 13.2. The van der Waals surface area contributed by atoms with Gasteiger partial charge in [0, 0.05) is 24.5 Å². The number of hydrogen-bond donors (Lipinski definition) is 0. The van der Waals surface area contributed by atoms with Crippen LogP contribution in [0.5, 0.6) is 0 Å². The molecule has 0 saturated carbocycles. The van der Waals surface area contributed by atoms with E-state index in [0.717, 1.165) is 21.0 Å². The molecule has 0 radical (unpaired) electrons. The summed E-state index contributed by atoms with van der Waals surface area (Å²) in [6.45, 7) is 4.46. The van der Waals surface area contributed by atoms with E-state index in [-0.39, 0.29) is 6.54 Å². The molecule has 0 bridgehead atoms. The molecule has 0 N–H and O–H groups in total. The van der Waals surface area contributed by atoms with Gasteiger partial charge in [-0.25, -0.2) is 14.3 Å². The van der Waals surface area contributed by atoms with Gasteiger partial charge in [0.15, 0.2) is 11.2 Å². The van der Waals surface area contributed by atoms with Crippen molar-refractivity contribution in [1.29, 1.82) is 0 Å². The molecule has 3 aromatic rings. The molecule has 0 spiro atoms. The van der Waals surface area contributed by atoms with E-state index in [1.807, 2.05) is 24.3 Å². The van der Waals surface area contributed by atoms with Crippen molar-refractivity contribution in [2.75, 3.05) is 19.4 Å². The third-order valence-corrected chi connectivity index (χ3v) is 9.07. The molecule has 0 atom stereocenters. The second-order valence-electron chi connectivity index (χ2n) is 8.61. The smallest absolute Gasteiger partial charge is 0.325 e. The second kappa shape index (κ2) is 13.4. The number of benzene rings is 1. The molecule has 9 nitrogen and oxygen atoms in total. The summed E-state index contributed by atoms with van der Waals surface area (Å²) < 4.78 is 28.8. The van der Waals surface area contributed by atoms with E-state index < -0.39 is 18.8 Å². The van der Waals surface area contributed by atoms with E-state index in [1.54, 1.807) is 25.5 Å². The molecule has 0 aliphatic rings. The first kappa shape index (κ1) is 29.1.